The fourth-order valence-corrected chi connectivity index (χ4v) is 2.96. The van der Waals surface area contributed by atoms with Crippen molar-refractivity contribution < 1.29 is 4.79 Å². The van der Waals surface area contributed by atoms with Crippen LogP contribution in [0, 0.1) is 0 Å². The molecule has 2 bridgehead atoms. The van der Waals surface area contributed by atoms with Crippen molar-refractivity contribution in [1.82, 2.24) is 15.0 Å². The van der Waals surface area contributed by atoms with Crippen LogP contribution in [0.5, 0.6) is 0 Å². The van der Waals surface area contributed by atoms with Crippen LogP contribution < -0.4 is 11.5 Å². The maximum absolute atomic E-state index is 10.7. The molecule has 4 N–H and O–H groups in total. The van der Waals surface area contributed by atoms with E-state index in [2.05, 4.69) is 15.0 Å². The Morgan fingerprint density at radius 1 is 0.750 bits per heavy atom. The second-order valence-corrected chi connectivity index (χ2v) is 6.22. The minimum absolute atomic E-state index is 0.201. The molecule has 6 rings (SSSR count). The first-order chi connectivity index (χ1) is 13.6. The van der Waals surface area contributed by atoms with Crippen LogP contribution in [0.3, 0.4) is 0 Å². The summed E-state index contributed by atoms with van der Waals surface area (Å²) in [7, 11) is 0. The van der Waals surface area contributed by atoms with Crippen molar-refractivity contribution in [3.8, 4) is 22.4 Å². The van der Waals surface area contributed by atoms with Gasteiger partial charge in [0.05, 0.1) is 5.69 Å². The SMILES string of the molecule is Nc1ncc(-c2ccccc2N)c(-c2ccncc2)n1.O=C1c2cccc1c2. The summed E-state index contributed by atoms with van der Waals surface area (Å²) in [6.45, 7) is 0. The number of nitrogens with zero attached hydrogens (tertiary/aromatic N) is 3. The minimum atomic E-state index is 0.201. The molecule has 0 radical (unpaired) electrons. The average Bonchev–Trinajstić information content (AvgIpc) is 2.75. The largest absolute Gasteiger partial charge is 0.398 e. The van der Waals surface area contributed by atoms with E-state index in [9.17, 15) is 4.79 Å². The fourth-order valence-electron chi connectivity index (χ4n) is 2.96. The van der Waals surface area contributed by atoms with Gasteiger partial charge in [-0.05, 0) is 24.3 Å². The van der Waals surface area contributed by atoms with Gasteiger partial charge in [-0.3, -0.25) is 9.78 Å². The number of para-hydroxylation sites is 1. The Kier molecular flexibility index (Phi) is 4.51. The fraction of sp³-hybridized carbons (Fsp3) is 0. The molecule has 0 spiro atoms. The van der Waals surface area contributed by atoms with Gasteiger partial charge in [0, 0.05) is 52.1 Å². The maximum atomic E-state index is 10.7. The molecule has 0 atom stereocenters. The number of aromatic nitrogens is 3. The molecule has 28 heavy (non-hydrogen) atoms. The van der Waals surface area contributed by atoms with Crippen molar-refractivity contribution in [2.75, 3.05) is 11.5 Å². The van der Waals surface area contributed by atoms with E-state index in [0.29, 0.717) is 5.69 Å². The number of anilines is 2. The Labute approximate surface area is 161 Å². The van der Waals surface area contributed by atoms with Gasteiger partial charge in [-0.2, -0.15) is 0 Å². The molecule has 0 fully saturated rings. The summed E-state index contributed by atoms with van der Waals surface area (Å²) in [5.74, 6) is 0.433. The monoisotopic (exact) mass is 367 g/mol. The summed E-state index contributed by atoms with van der Waals surface area (Å²) >= 11 is 0. The molecule has 2 aromatic carbocycles. The van der Waals surface area contributed by atoms with Gasteiger partial charge in [0.15, 0.2) is 5.78 Å². The number of hydrogen-bond donors (Lipinski definition) is 2. The van der Waals surface area contributed by atoms with Crippen molar-refractivity contribution in [3.05, 3.63) is 90.4 Å². The molecule has 0 saturated carbocycles. The molecule has 0 saturated heterocycles. The highest BCUT2D eigenvalue weighted by molar-refractivity contribution is 6.16. The number of carbonyl (C=O) groups excluding carboxylic acids is 1. The summed E-state index contributed by atoms with van der Waals surface area (Å²) in [6.07, 6.45) is 5.13. The van der Waals surface area contributed by atoms with E-state index in [0.717, 1.165) is 33.5 Å². The van der Waals surface area contributed by atoms with E-state index >= 15 is 0 Å². The Hall–Kier alpha value is -4.06. The van der Waals surface area contributed by atoms with E-state index in [4.69, 9.17) is 11.5 Å². The van der Waals surface area contributed by atoms with Gasteiger partial charge in [0.25, 0.3) is 0 Å². The Bertz CT molecular complexity index is 1130. The second kappa shape index (κ2) is 7.28. The van der Waals surface area contributed by atoms with Crippen molar-refractivity contribution >= 4 is 17.4 Å². The lowest BCUT2D eigenvalue weighted by Gasteiger charge is -2.11. The molecular formula is C22H17N5O. The zero-order chi connectivity index (χ0) is 19.5. The number of carbonyl (C=O) groups is 1. The quantitative estimate of drug-likeness (QED) is 0.462. The first kappa shape index (κ1) is 17.4. The van der Waals surface area contributed by atoms with Crippen LogP contribution in [-0.4, -0.2) is 20.7 Å². The number of hydrogen-bond acceptors (Lipinski definition) is 6. The number of fused-ring (bicyclic) bond motifs is 2. The molecule has 0 amide bonds. The Morgan fingerprint density at radius 3 is 2.07 bits per heavy atom. The number of benzene rings is 2. The smallest absolute Gasteiger partial charge is 0.220 e. The molecule has 0 unspecified atom stereocenters. The number of nitrogens with two attached hydrogens (primary N) is 2. The number of pyridine rings is 1. The maximum Gasteiger partial charge on any atom is 0.220 e. The van der Waals surface area contributed by atoms with Crippen LogP contribution in [0.1, 0.15) is 15.9 Å². The minimum Gasteiger partial charge on any atom is -0.398 e. The number of rotatable bonds is 2. The van der Waals surface area contributed by atoms with Crippen molar-refractivity contribution in [1.29, 1.82) is 0 Å². The predicted octanol–water partition coefficient (Wildman–Crippen LogP) is 3.60. The molecule has 136 valence electrons. The van der Waals surface area contributed by atoms with Crippen LogP contribution in [0.4, 0.5) is 11.6 Å². The molecule has 6 nitrogen and oxygen atoms in total. The van der Waals surface area contributed by atoms with E-state index in [1.807, 2.05) is 60.7 Å². The summed E-state index contributed by atoms with van der Waals surface area (Å²) < 4.78 is 0. The van der Waals surface area contributed by atoms with E-state index in [1.165, 1.54) is 0 Å². The van der Waals surface area contributed by atoms with Crippen molar-refractivity contribution in [3.63, 3.8) is 0 Å². The zero-order valence-electron chi connectivity index (χ0n) is 14.9. The predicted molar refractivity (Wildman–Crippen MR) is 109 cm³/mol. The first-order valence-electron chi connectivity index (χ1n) is 8.66. The lowest BCUT2D eigenvalue weighted by atomic mass is 9.92. The van der Waals surface area contributed by atoms with Gasteiger partial charge in [-0.1, -0.05) is 36.4 Å². The highest BCUT2D eigenvalue weighted by Crippen LogP contribution is 2.33. The molecule has 2 heterocycles. The third kappa shape index (κ3) is 3.31. The van der Waals surface area contributed by atoms with Gasteiger partial charge in [0.2, 0.25) is 5.95 Å². The Morgan fingerprint density at radius 2 is 1.46 bits per heavy atom. The zero-order valence-corrected chi connectivity index (χ0v) is 14.9. The first-order valence-corrected chi connectivity index (χ1v) is 8.66. The summed E-state index contributed by atoms with van der Waals surface area (Å²) in [4.78, 5) is 23.1. The molecule has 4 aromatic rings. The molecule has 0 aliphatic heterocycles. The second-order valence-electron chi connectivity index (χ2n) is 6.22. The van der Waals surface area contributed by atoms with Gasteiger partial charge in [-0.25, -0.2) is 9.97 Å². The third-order valence-corrected chi connectivity index (χ3v) is 4.40. The summed E-state index contributed by atoms with van der Waals surface area (Å²) in [6, 6.07) is 18.8. The van der Waals surface area contributed by atoms with Gasteiger partial charge >= 0.3 is 0 Å². The van der Waals surface area contributed by atoms with Crippen LogP contribution in [0.15, 0.2) is 79.3 Å². The highest BCUT2D eigenvalue weighted by Gasteiger charge is 2.17. The van der Waals surface area contributed by atoms with Gasteiger partial charge in [-0.15, -0.1) is 0 Å². The lowest BCUT2D eigenvalue weighted by Crippen LogP contribution is -2.10. The van der Waals surface area contributed by atoms with Crippen molar-refractivity contribution in [2.24, 2.45) is 0 Å². The van der Waals surface area contributed by atoms with Crippen LogP contribution in [-0.2, 0) is 0 Å². The number of ketones is 1. The molecule has 2 aromatic heterocycles. The molecule has 6 heteroatoms. The topological polar surface area (TPSA) is 108 Å². The third-order valence-electron chi connectivity index (χ3n) is 4.40. The molecular weight excluding hydrogens is 350 g/mol. The highest BCUT2D eigenvalue weighted by atomic mass is 16.1. The molecule has 2 aliphatic carbocycles. The van der Waals surface area contributed by atoms with E-state index < -0.39 is 0 Å². The lowest BCUT2D eigenvalue weighted by molar-refractivity contribution is 0.102. The standard InChI is InChI=1S/C15H13N5.C7H4O/c16-13-4-2-1-3-11(13)12-9-19-15(17)20-14(12)10-5-7-18-8-6-10;8-7-5-2-1-3-6(7)4-5/h1-9H,16H2,(H2,17,19,20);1-4H. The van der Waals surface area contributed by atoms with E-state index in [-0.39, 0.29) is 11.7 Å². The van der Waals surface area contributed by atoms with Crippen LogP contribution in [0.25, 0.3) is 22.4 Å². The summed E-state index contributed by atoms with van der Waals surface area (Å²) in [5.41, 5.74) is 17.5. The summed E-state index contributed by atoms with van der Waals surface area (Å²) in [5, 5.41) is 0. The van der Waals surface area contributed by atoms with Crippen LogP contribution >= 0.6 is 0 Å². The Balaban J connectivity index is 0.000000198. The average molecular weight is 367 g/mol. The normalized spacial score (nSPS) is 11.2. The van der Waals surface area contributed by atoms with Gasteiger partial charge < -0.3 is 11.5 Å². The van der Waals surface area contributed by atoms with E-state index in [1.54, 1.807) is 18.6 Å². The van der Waals surface area contributed by atoms with Crippen LogP contribution in [0.2, 0.25) is 0 Å². The molecule has 2 aliphatic rings. The number of nitrogen functional groups attached to an aromatic ring is 2. The van der Waals surface area contributed by atoms with Crippen molar-refractivity contribution in [2.45, 2.75) is 0 Å². The van der Waals surface area contributed by atoms with Gasteiger partial charge in [0.1, 0.15) is 0 Å².